The Hall–Kier alpha value is -3.02. The van der Waals surface area contributed by atoms with Crippen LogP contribution in [0.5, 0.6) is 5.75 Å². The number of anilines is 1. The molecule has 0 atom stereocenters. The van der Waals surface area contributed by atoms with Crippen LogP contribution >= 0.6 is 23.4 Å². The molecule has 144 valence electrons. The lowest BCUT2D eigenvalue weighted by Crippen LogP contribution is -2.27. The molecule has 0 aromatic heterocycles. The number of imide groups is 1. The van der Waals surface area contributed by atoms with E-state index >= 15 is 0 Å². The highest BCUT2D eigenvalue weighted by molar-refractivity contribution is 8.19. The highest BCUT2D eigenvalue weighted by atomic mass is 35.5. The summed E-state index contributed by atoms with van der Waals surface area (Å²) >= 11 is 6.81. The van der Waals surface area contributed by atoms with E-state index in [1.807, 2.05) is 54.6 Å². The Labute approximate surface area is 177 Å². The summed E-state index contributed by atoms with van der Waals surface area (Å²) in [6, 6.07) is 23.9. The highest BCUT2D eigenvalue weighted by Gasteiger charge is 2.36. The number of carbonyl (C=O) groups is 2. The zero-order valence-electron chi connectivity index (χ0n) is 15.2. The standard InChI is InChI=1S/C23H16ClNO3S/c24-18-9-11-19(12-10-18)25-22(26)21(29-23(25)27)14-17-7-4-8-20(13-17)28-15-16-5-2-1-3-6-16/h1-14H,15H2/b21-14-. The zero-order valence-corrected chi connectivity index (χ0v) is 16.8. The summed E-state index contributed by atoms with van der Waals surface area (Å²) in [5.74, 6) is 0.345. The molecule has 2 amide bonds. The lowest BCUT2D eigenvalue weighted by Gasteiger charge is -2.12. The minimum atomic E-state index is -0.349. The maximum Gasteiger partial charge on any atom is 0.298 e. The van der Waals surface area contributed by atoms with Crippen LogP contribution in [0.3, 0.4) is 0 Å². The highest BCUT2D eigenvalue weighted by Crippen LogP contribution is 2.36. The van der Waals surface area contributed by atoms with Crippen LogP contribution in [0.25, 0.3) is 6.08 Å². The predicted molar refractivity (Wildman–Crippen MR) is 117 cm³/mol. The molecule has 3 aromatic carbocycles. The third-order valence-corrected chi connectivity index (χ3v) is 5.40. The molecule has 1 heterocycles. The van der Waals surface area contributed by atoms with Crippen molar-refractivity contribution in [1.29, 1.82) is 0 Å². The van der Waals surface area contributed by atoms with Crippen molar-refractivity contribution in [2.75, 3.05) is 4.90 Å². The molecular formula is C23H16ClNO3S. The Bertz CT molecular complexity index is 1080. The van der Waals surface area contributed by atoms with Gasteiger partial charge in [0, 0.05) is 5.02 Å². The molecule has 0 aliphatic carbocycles. The quantitative estimate of drug-likeness (QED) is 0.463. The lowest BCUT2D eigenvalue weighted by molar-refractivity contribution is -0.113. The summed E-state index contributed by atoms with van der Waals surface area (Å²) < 4.78 is 5.84. The SMILES string of the molecule is O=C1S/C(=C\c2cccc(OCc3ccccc3)c2)C(=O)N1c1ccc(Cl)cc1. The number of ether oxygens (including phenoxy) is 1. The van der Waals surface area contributed by atoms with Gasteiger partial charge in [0.15, 0.2) is 0 Å². The van der Waals surface area contributed by atoms with Crippen LogP contribution < -0.4 is 9.64 Å². The average Bonchev–Trinajstić information content (AvgIpc) is 3.01. The van der Waals surface area contributed by atoms with Crippen molar-refractivity contribution in [2.24, 2.45) is 0 Å². The maximum atomic E-state index is 12.8. The second-order valence-electron chi connectivity index (χ2n) is 6.34. The van der Waals surface area contributed by atoms with E-state index in [1.165, 1.54) is 0 Å². The van der Waals surface area contributed by atoms with E-state index in [4.69, 9.17) is 16.3 Å². The van der Waals surface area contributed by atoms with Gasteiger partial charge in [-0.25, -0.2) is 4.90 Å². The summed E-state index contributed by atoms with van der Waals surface area (Å²) in [4.78, 5) is 26.6. The van der Waals surface area contributed by atoms with Gasteiger partial charge in [-0.1, -0.05) is 54.1 Å². The predicted octanol–water partition coefficient (Wildman–Crippen LogP) is 6.16. The third kappa shape index (κ3) is 4.53. The number of thioether (sulfide) groups is 1. The number of benzene rings is 3. The van der Waals surface area contributed by atoms with Gasteiger partial charge in [-0.15, -0.1) is 0 Å². The minimum absolute atomic E-state index is 0.333. The van der Waals surface area contributed by atoms with E-state index in [0.717, 1.165) is 27.8 Å². The first kappa shape index (κ1) is 19.3. The molecule has 0 bridgehead atoms. The molecule has 1 aliphatic heterocycles. The van der Waals surface area contributed by atoms with Gasteiger partial charge in [0.05, 0.1) is 10.6 Å². The van der Waals surface area contributed by atoms with Gasteiger partial charge in [-0.2, -0.15) is 0 Å². The summed E-state index contributed by atoms with van der Waals surface area (Å²) in [6.07, 6.45) is 1.70. The minimum Gasteiger partial charge on any atom is -0.489 e. The molecule has 0 spiro atoms. The van der Waals surface area contributed by atoms with Crippen LogP contribution in [-0.4, -0.2) is 11.1 Å². The number of amides is 2. The van der Waals surface area contributed by atoms with Gasteiger partial charge in [0.25, 0.3) is 11.1 Å². The first-order chi connectivity index (χ1) is 14.1. The molecule has 0 N–H and O–H groups in total. The summed E-state index contributed by atoms with van der Waals surface area (Å²) in [6.45, 7) is 0.456. The molecule has 4 nitrogen and oxygen atoms in total. The molecule has 29 heavy (non-hydrogen) atoms. The van der Waals surface area contributed by atoms with Crippen LogP contribution in [0.15, 0.2) is 83.8 Å². The number of hydrogen-bond acceptors (Lipinski definition) is 4. The number of carbonyl (C=O) groups excluding carboxylic acids is 2. The van der Waals surface area contributed by atoms with Crippen molar-refractivity contribution in [3.8, 4) is 5.75 Å². The molecule has 6 heteroatoms. The Kier molecular flexibility index (Phi) is 5.69. The molecule has 0 unspecified atom stereocenters. The smallest absolute Gasteiger partial charge is 0.298 e. The van der Waals surface area contributed by atoms with E-state index < -0.39 is 0 Å². The Morgan fingerprint density at radius 2 is 1.69 bits per heavy atom. The second kappa shape index (κ2) is 8.55. The molecule has 1 saturated heterocycles. The normalized spacial score (nSPS) is 15.2. The molecular weight excluding hydrogens is 406 g/mol. The van der Waals surface area contributed by atoms with Gasteiger partial charge in [-0.05, 0) is 65.4 Å². The Balaban J connectivity index is 1.51. The fourth-order valence-corrected chi connectivity index (χ4v) is 3.83. The number of nitrogens with zero attached hydrogens (tertiary/aromatic N) is 1. The van der Waals surface area contributed by atoms with E-state index in [0.29, 0.717) is 28.0 Å². The fourth-order valence-electron chi connectivity index (χ4n) is 2.87. The van der Waals surface area contributed by atoms with E-state index in [1.54, 1.807) is 30.3 Å². The van der Waals surface area contributed by atoms with Gasteiger partial charge >= 0.3 is 0 Å². The van der Waals surface area contributed by atoms with Crippen LogP contribution in [0.2, 0.25) is 5.02 Å². The van der Waals surface area contributed by atoms with Gasteiger partial charge in [-0.3, -0.25) is 9.59 Å². The molecule has 4 rings (SSSR count). The van der Waals surface area contributed by atoms with Crippen LogP contribution in [0.1, 0.15) is 11.1 Å². The van der Waals surface area contributed by atoms with E-state index in [9.17, 15) is 9.59 Å². The summed E-state index contributed by atoms with van der Waals surface area (Å²) in [5.41, 5.74) is 2.36. The van der Waals surface area contributed by atoms with Crippen molar-refractivity contribution in [2.45, 2.75) is 6.61 Å². The van der Waals surface area contributed by atoms with Gasteiger partial charge < -0.3 is 4.74 Å². The second-order valence-corrected chi connectivity index (χ2v) is 7.77. The number of rotatable bonds is 5. The van der Waals surface area contributed by atoms with Crippen molar-refractivity contribution in [3.63, 3.8) is 0 Å². The topological polar surface area (TPSA) is 46.6 Å². The van der Waals surface area contributed by atoms with Crippen molar-refractivity contribution in [1.82, 2.24) is 0 Å². The van der Waals surface area contributed by atoms with Crippen LogP contribution in [0, 0.1) is 0 Å². The Morgan fingerprint density at radius 1 is 0.931 bits per heavy atom. The number of hydrogen-bond donors (Lipinski definition) is 0. The molecule has 1 fully saturated rings. The molecule has 0 radical (unpaired) electrons. The average molecular weight is 422 g/mol. The molecule has 1 aliphatic rings. The van der Waals surface area contributed by atoms with Gasteiger partial charge in [0.2, 0.25) is 0 Å². The fraction of sp³-hybridized carbons (Fsp3) is 0.0435. The van der Waals surface area contributed by atoms with Crippen LogP contribution in [0.4, 0.5) is 10.5 Å². The summed E-state index contributed by atoms with van der Waals surface area (Å²) in [5, 5.41) is 0.212. The monoisotopic (exact) mass is 421 g/mol. The third-order valence-electron chi connectivity index (χ3n) is 4.28. The van der Waals surface area contributed by atoms with Crippen molar-refractivity contribution >= 4 is 46.3 Å². The molecule has 0 saturated carbocycles. The first-order valence-corrected chi connectivity index (χ1v) is 10.1. The summed E-state index contributed by atoms with van der Waals surface area (Å²) in [7, 11) is 0. The number of halogens is 1. The van der Waals surface area contributed by atoms with Crippen molar-refractivity contribution < 1.29 is 14.3 Å². The van der Waals surface area contributed by atoms with E-state index in [2.05, 4.69) is 0 Å². The largest absolute Gasteiger partial charge is 0.489 e. The zero-order chi connectivity index (χ0) is 20.2. The maximum absolute atomic E-state index is 12.8. The lowest BCUT2D eigenvalue weighted by atomic mass is 10.2. The van der Waals surface area contributed by atoms with Crippen molar-refractivity contribution in [3.05, 3.63) is 99.9 Å². The van der Waals surface area contributed by atoms with E-state index in [-0.39, 0.29) is 11.1 Å². The Morgan fingerprint density at radius 3 is 2.45 bits per heavy atom. The van der Waals surface area contributed by atoms with Gasteiger partial charge in [0.1, 0.15) is 12.4 Å². The van der Waals surface area contributed by atoms with Crippen LogP contribution in [-0.2, 0) is 11.4 Å². The first-order valence-electron chi connectivity index (χ1n) is 8.90. The molecule has 3 aromatic rings.